The van der Waals surface area contributed by atoms with Gasteiger partial charge < -0.3 is 29.7 Å². The molecule has 1 amide bonds. The standard InChI is InChI=1S/C28H40N5O5P/c1-3-37-39(35,38-4-2)21-14-22-6-7-23(27(29)30)8-9-26(22)36-20-5-15-32-28(34)24-12-18-33(19-13-24)25-10-16-31-17-11-25/h6-7,9-11,14,16-17,21,24H,3-5,8,12-13,15,18-20H2,1-2H3,(H3,29,30)(H,32,34)/b21-14+. The lowest BCUT2D eigenvalue weighted by atomic mass is 9.95. The van der Waals surface area contributed by atoms with Gasteiger partial charge in [0.05, 0.1) is 19.8 Å². The van der Waals surface area contributed by atoms with Gasteiger partial charge >= 0.3 is 7.60 Å². The highest BCUT2D eigenvalue weighted by atomic mass is 31.2. The second kappa shape index (κ2) is 15.4. The molecule has 0 aromatic carbocycles. The van der Waals surface area contributed by atoms with E-state index in [-0.39, 0.29) is 30.9 Å². The van der Waals surface area contributed by atoms with Gasteiger partial charge in [-0.2, -0.15) is 0 Å². The van der Waals surface area contributed by atoms with Gasteiger partial charge in [-0.1, -0.05) is 12.2 Å². The van der Waals surface area contributed by atoms with E-state index in [4.69, 9.17) is 24.9 Å². The number of carbonyl (C=O) groups is 1. The van der Waals surface area contributed by atoms with Crippen molar-refractivity contribution in [2.75, 3.05) is 44.4 Å². The number of pyridine rings is 1. The van der Waals surface area contributed by atoms with E-state index in [1.807, 2.05) is 18.2 Å². The number of piperidine rings is 1. The predicted octanol–water partition coefficient (Wildman–Crippen LogP) is 4.68. The van der Waals surface area contributed by atoms with Crippen molar-refractivity contribution in [2.24, 2.45) is 11.7 Å². The van der Waals surface area contributed by atoms with Crippen LogP contribution in [0, 0.1) is 11.3 Å². The van der Waals surface area contributed by atoms with Gasteiger partial charge in [0.25, 0.3) is 0 Å². The summed E-state index contributed by atoms with van der Waals surface area (Å²) in [5, 5.41) is 10.8. The number of ether oxygens (including phenoxy) is 1. The van der Waals surface area contributed by atoms with Crippen molar-refractivity contribution < 1.29 is 23.1 Å². The van der Waals surface area contributed by atoms with Gasteiger partial charge in [-0.3, -0.25) is 19.8 Å². The van der Waals surface area contributed by atoms with Crippen molar-refractivity contribution >= 4 is 25.0 Å². The Balaban J connectivity index is 1.49. The summed E-state index contributed by atoms with van der Waals surface area (Å²) in [4.78, 5) is 19.0. The Kier molecular flexibility index (Phi) is 12.0. The molecular formula is C28H40N5O5P. The van der Waals surface area contributed by atoms with E-state index < -0.39 is 7.60 Å². The minimum atomic E-state index is -3.39. The highest BCUT2D eigenvalue weighted by molar-refractivity contribution is 7.57. The van der Waals surface area contributed by atoms with Crippen LogP contribution in [-0.4, -0.2) is 56.2 Å². The van der Waals surface area contributed by atoms with E-state index in [1.165, 1.54) is 5.82 Å². The molecule has 0 unspecified atom stereocenters. The zero-order valence-corrected chi connectivity index (χ0v) is 23.7. The van der Waals surface area contributed by atoms with Gasteiger partial charge in [0.2, 0.25) is 5.91 Å². The molecule has 0 saturated carbocycles. The number of hydrogen-bond acceptors (Lipinski definition) is 8. The molecule has 2 aliphatic rings. The number of nitrogens with one attached hydrogen (secondary N) is 2. The predicted molar refractivity (Wildman–Crippen MR) is 154 cm³/mol. The van der Waals surface area contributed by atoms with Gasteiger partial charge in [-0.25, -0.2) is 0 Å². The molecule has 0 atom stereocenters. The molecular weight excluding hydrogens is 517 g/mol. The van der Waals surface area contributed by atoms with Crippen molar-refractivity contribution in [1.29, 1.82) is 5.41 Å². The fourth-order valence-corrected chi connectivity index (χ4v) is 5.67. The normalized spacial score (nSPS) is 16.8. The van der Waals surface area contributed by atoms with Crippen LogP contribution < -0.4 is 16.0 Å². The minimum absolute atomic E-state index is 0.00990. The van der Waals surface area contributed by atoms with Gasteiger partial charge in [-0.05, 0) is 69.4 Å². The van der Waals surface area contributed by atoms with Crippen LogP contribution in [0.4, 0.5) is 5.69 Å². The molecule has 3 rings (SSSR count). The summed E-state index contributed by atoms with van der Waals surface area (Å²) in [6.07, 6.45) is 13.3. The van der Waals surface area contributed by atoms with Gasteiger partial charge in [0.1, 0.15) is 11.6 Å². The summed E-state index contributed by atoms with van der Waals surface area (Å²) in [5.41, 5.74) is 8.14. The largest absolute Gasteiger partial charge is 0.493 e. The summed E-state index contributed by atoms with van der Waals surface area (Å²) in [5.74, 6) is 2.08. The molecule has 11 heteroatoms. The topological polar surface area (TPSA) is 140 Å². The molecule has 10 nitrogen and oxygen atoms in total. The van der Waals surface area contributed by atoms with Crippen molar-refractivity contribution in [1.82, 2.24) is 10.3 Å². The molecule has 1 aromatic rings. The van der Waals surface area contributed by atoms with Crippen molar-refractivity contribution in [2.45, 2.75) is 39.5 Å². The molecule has 212 valence electrons. The Morgan fingerprint density at radius 1 is 1.21 bits per heavy atom. The number of allylic oxidation sites excluding steroid dienone is 4. The van der Waals surface area contributed by atoms with Crippen LogP contribution in [0.2, 0.25) is 0 Å². The molecule has 1 aromatic heterocycles. The van der Waals surface area contributed by atoms with Crippen LogP contribution in [0.15, 0.2) is 71.6 Å². The molecule has 0 spiro atoms. The summed E-state index contributed by atoms with van der Waals surface area (Å²) in [6.45, 7) is 6.59. The zero-order chi connectivity index (χ0) is 28.1. The average Bonchev–Trinajstić information content (AvgIpc) is 3.15. The quantitative estimate of drug-likeness (QED) is 0.130. The van der Waals surface area contributed by atoms with Crippen molar-refractivity contribution in [3.05, 3.63) is 71.6 Å². The van der Waals surface area contributed by atoms with E-state index in [2.05, 4.69) is 15.2 Å². The highest BCUT2D eigenvalue weighted by Crippen LogP contribution is 2.50. The summed E-state index contributed by atoms with van der Waals surface area (Å²) >= 11 is 0. The maximum Gasteiger partial charge on any atom is 0.354 e. The summed E-state index contributed by atoms with van der Waals surface area (Å²) in [7, 11) is -3.39. The van der Waals surface area contributed by atoms with E-state index in [0.717, 1.165) is 31.6 Å². The number of hydrogen-bond donors (Lipinski definition) is 3. The van der Waals surface area contributed by atoms with Gasteiger partial charge in [0.15, 0.2) is 0 Å². The monoisotopic (exact) mass is 557 g/mol. The number of amidine groups is 1. The van der Waals surface area contributed by atoms with Gasteiger partial charge in [-0.15, -0.1) is 0 Å². The molecule has 2 heterocycles. The van der Waals surface area contributed by atoms with Crippen molar-refractivity contribution in [3.8, 4) is 0 Å². The lowest BCUT2D eigenvalue weighted by Crippen LogP contribution is -2.40. The Labute approximate surface area is 231 Å². The molecule has 4 N–H and O–H groups in total. The van der Waals surface area contributed by atoms with E-state index >= 15 is 0 Å². The maximum absolute atomic E-state index is 12.9. The number of carbonyl (C=O) groups excluding carboxylic acids is 1. The maximum atomic E-state index is 12.9. The summed E-state index contributed by atoms with van der Waals surface area (Å²) < 4.78 is 29.6. The molecule has 0 radical (unpaired) electrons. The van der Waals surface area contributed by atoms with E-state index in [0.29, 0.717) is 42.9 Å². The van der Waals surface area contributed by atoms with Crippen LogP contribution in [0.3, 0.4) is 0 Å². The first-order valence-electron chi connectivity index (χ1n) is 13.4. The first-order valence-corrected chi connectivity index (χ1v) is 15.1. The fourth-order valence-electron chi connectivity index (χ4n) is 4.36. The van der Waals surface area contributed by atoms with Crippen LogP contribution in [0.5, 0.6) is 0 Å². The molecule has 1 aliphatic carbocycles. The van der Waals surface area contributed by atoms with Crippen LogP contribution >= 0.6 is 7.60 Å². The van der Waals surface area contributed by atoms with E-state index in [9.17, 15) is 9.36 Å². The Morgan fingerprint density at radius 2 is 1.90 bits per heavy atom. The van der Waals surface area contributed by atoms with Crippen LogP contribution in [-0.2, 0) is 23.1 Å². The molecule has 1 aliphatic heterocycles. The number of amides is 1. The van der Waals surface area contributed by atoms with Crippen LogP contribution in [0.1, 0.15) is 39.5 Å². The smallest absolute Gasteiger partial charge is 0.354 e. The Hall–Kier alpha value is -3.20. The lowest BCUT2D eigenvalue weighted by Gasteiger charge is -2.32. The SMILES string of the molecule is CCOP(=O)(/C=C/C1=CC=C(C(=N)N)CC=C1OCCCNC(=O)C1CCN(c2ccncc2)CC1)OCC. The first-order chi connectivity index (χ1) is 18.8. The third-order valence-electron chi connectivity index (χ3n) is 6.43. The molecule has 1 saturated heterocycles. The molecule has 1 fully saturated rings. The molecule has 0 bridgehead atoms. The third kappa shape index (κ3) is 9.49. The Bertz CT molecular complexity index is 1130. The average molecular weight is 558 g/mol. The number of aromatic nitrogens is 1. The van der Waals surface area contributed by atoms with Crippen LogP contribution in [0.25, 0.3) is 0 Å². The van der Waals surface area contributed by atoms with Crippen molar-refractivity contribution in [3.63, 3.8) is 0 Å². The highest BCUT2D eigenvalue weighted by Gasteiger charge is 2.25. The molecule has 39 heavy (non-hydrogen) atoms. The minimum Gasteiger partial charge on any atom is -0.493 e. The van der Waals surface area contributed by atoms with Gasteiger partial charge in [0, 0.05) is 55.0 Å². The number of nitrogens with zero attached hydrogens (tertiary/aromatic N) is 2. The second-order valence-electron chi connectivity index (χ2n) is 9.15. The number of anilines is 1. The Morgan fingerprint density at radius 3 is 2.54 bits per heavy atom. The van der Waals surface area contributed by atoms with E-state index in [1.54, 1.807) is 44.5 Å². The summed E-state index contributed by atoms with van der Waals surface area (Å²) in [6, 6.07) is 3.99. The second-order valence-corrected chi connectivity index (χ2v) is 11.0. The third-order valence-corrected chi connectivity index (χ3v) is 8.18. The first kappa shape index (κ1) is 30.3. The number of rotatable bonds is 14. The fraction of sp³-hybridized carbons (Fsp3) is 0.464. The lowest BCUT2D eigenvalue weighted by molar-refractivity contribution is -0.125. The zero-order valence-electron chi connectivity index (χ0n) is 22.8. The number of nitrogens with two attached hydrogens (primary N) is 1.